The monoisotopic (exact) mass is 348 g/mol. The molecule has 0 fully saturated rings. The molecule has 1 aromatic heterocycles. The molecule has 0 aliphatic carbocycles. The molecule has 132 valence electrons. The average Bonchev–Trinajstić information content (AvgIpc) is 2.69. The molecule has 0 bridgehead atoms. The van der Waals surface area contributed by atoms with Crippen molar-refractivity contribution in [3.63, 3.8) is 0 Å². The molecule has 0 atom stereocenters. The van der Waals surface area contributed by atoms with Crippen molar-refractivity contribution in [3.05, 3.63) is 72.1 Å². The van der Waals surface area contributed by atoms with Gasteiger partial charge in [0.1, 0.15) is 18.0 Å². The Morgan fingerprint density at radius 2 is 1.46 bits per heavy atom. The third-order valence-electron chi connectivity index (χ3n) is 3.88. The number of benzene rings is 2. The molecule has 2 N–H and O–H groups in total. The summed E-state index contributed by atoms with van der Waals surface area (Å²) in [6, 6.07) is 17.0. The van der Waals surface area contributed by atoms with Gasteiger partial charge in [0.05, 0.1) is 12.7 Å². The molecule has 2 aromatic carbocycles. The third kappa shape index (κ3) is 4.36. The van der Waals surface area contributed by atoms with Crippen LogP contribution in [0.25, 0.3) is 0 Å². The largest absolute Gasteiger partial charge is 0.465 e. The number of esters is 1. The van der Waals surface area contributed by atoms with E-state index in [2.05, 4.69) is 39.7 Å². The van der Waals surface area contributed by atoms with Crippen molar-refractivity contribution in [1.82, 2.24) is 9.97 Å². The Hall–Kier alpha value is -3.41. The van der Waals surface area contributed by atoms with E-state index in [0.29, 0.717) is 17.2 Å². The van der Waals surface area contributed by atoms with Crippen LogP contribution in [0.3, 0.4) is 0 Å². The van der Waals surface area contributed by atoms with Crippen LogP contribution in [-0.4, -0.2) is 23.0 Å². The van der Waals surface area contributed by atoms with Crippen LogP contribution in [0.15, 0.2) is 60.9 Å². The van der Waals surface area contributed by atoms with E-state index in [1.807, 2.05) is 18.2 Å². The number of aryl methyl sites for hydroxylation is 1. The molecule has 0 spiro atoms. The number of hydrogen-bond donors (Lipinski definition) is 2. The van der Waals surface area contributed by atoms with E-state index in [-0.39, 0.29) is 5.97 Å². The lowest BCUT2D eigenvalue weighted by Crippen LogP contribution is -2.01. The zero-order valence-electron chi connectivity index (χ0n) is 14.7. The Bertz CT molecular complexity index is 877. The van der Waals surface area contributed by atoms with Gasteiger partial charge in [-0.15, -0.1) is 0 Å². The van der Waals surface area contributed by atoms with Gasteiger partial charge in [0.15, 0.2) is 0 Å². The van der Waals surface area contributed by atoms with Crippen molar-refractivity contribution in [2.75, 3.05) is 17.7 Å². The van der Waals surface area contributed by atoms with Crippen LogP contribution in [0.4, 0.5) is 23.0 Å². The quantitative estimate of drug-likeness (QED) is 0.646. The number of anilines is 4. The topological polar surface area (TPSA) is 76.1 Å². The Kier molecular flexibility index (Phi) is 5.43. The lowest BCUT2D eigenvalue weighted by Gasteiger charge is -2.09. The minimum Gasteiger partial charge on any atom is -0.465 e. The summed E-state index contributed by atoms with van der Waals surface area (Å²) in [5.41, 5.74) is 3.57. The van der Waals surface area contributed by atoms with Gasteiger partial charge in [-0.1, -0.05) is 19.1 Å². The fourth-order valence-electron chi connectivity index (χ4n) is 2.42. The molecule has 0 aliphatic heterocycles. The maximum atomic E-state index is 11.5. The van der Waals surface area contributed by atoms with Crippen LogP contribution in [0.5, 0.6) is 0 Å². The summed E-state index contributed by atoms with van der Waals surface area (Å²) in [6.45, 7) is 2.13. The van der Waals surface area contributed by atoms with E-state index in [1.54, 1.807) is 24.3 Å². The number of carbonyl (C=O) groups is 1. The number of nitrogens with zero attached hydrogens (tertiary/aromatic N) is 2. The molecule has 26 heavy (non-hydrogen) atoms. The van der Waals surface area contributed by atoms with Gasteiger partial charge in [-0.3, -0.25) is 0 Å². The summed E-state index contributed by atoms with van der Waals surface area (Å²) in [4.78, 5) is 19.9. The van der Waals surface area contributed by atoms with Gasteiger partial charge in [-0.05, 0) is 48.4 Å². The van der Waals surface area contributed by atoms with Crippen LogP contribution >= 0.6 is 0 Å². The van der Waals surface area contributed by atoms with Crippen LogP contribution in [0.1, 0.15) is 22.8 Å². The highest BCUT2D eigenvalue weighted by atomic mass is 16.5. The molecular formula is C20H20N4O2. The number of nitrogens with one attached hydrogen (secondary N) is 2. The van der Waals surface area contributed by atoms with Crippen molar-refractivity contribution in [1.29, 1.82) is 0 Å². The van der Waals surface area contributed by atoms with Gasteiger partial charge in [0.2, 0.25) is 0 Å². The second-order valence-electron chi connectivity index (χ2n) is 5.66. The lowest BCUT2D eigenvalue weighted by molar-refractivity contribution is 0.0601. The van der Waals surface area contributed by atoms with Gasteiger partial charge in [0, 0.05) is 17.4 Å². The number of methoxy groups -OCH3 is 1. The summed E-state index contributed by atoms with van der Waals surface area (Å²) in [6.07, 6.45) is 2.50. The average molecular weight is 348 g/mol. The van der Waals surface area contributed by atoms with Gasteiger partial charge in [0.25, 0.3) is 0 Å². The van der Waals surface area contributed by atoms with E-state index in [0.717, 1.165) is 17.8 Å². The van der Waals surface area contributed by atoms with E-state index in [4.69, 9.17) is 4.74 Å². The van der Waals surface area contributed by atoms with Crippen LogP contribution in [0.2, 0.25) is 0 Å². The Morgan fingerprint density at radius 3 is 1.96 bits per heavy atom. The lowest BCUT2D eigenvalue weighted by atomic mass is 10.1. The van der Waals surface area contributed by atoms with Gasteiger partial charge in [-0.25, -0.2) is 14.8 Å². The predicted molar refractivity (Wildman–Crippen MR) is 102 cm³/mol. The molecule has 0 saturated heterocycles. The molecular weight excluding hydrogens is 328 g/mol. The first-order chi connectivity index (χ1) is 12.7. The smallest absolute Gasteiger partial charge is 0.337 e. The second kappa shape index (κ2) is 8.11. The predicted octanol–water partition coefficient (Wildman–Crippen LogP) is 4.31. The maximum absolute atomic E-state index is 11.5. The molecule has 3 rings (SSSR count). The maximum Gasteiger partial charge on any atom is 0.337 e. The fraction of sp³-hybridized carbons (Fsp3) is 0.150. The van der Waals surface area contributed by atoms with E-state index >= 15 is 0 Å². The number of rotatable bonds is 6. The normalized spacial score (nSPS) is 10.2. The van der Waals surface area contributed by atoms with E-state index in [1.165, 1.54) is 19.0 Å². The Morgan fingerprint density at radius 1 is 0.923 bits per heavy atom. The highest BCUT2D eigenvalue weighted by Crippen LogP contribution is 2.20. The van der Waals surface area contributed by atoms with Crippen LogP contribution in [-0.2, 0) is 11.2 Å². The van der Waals surface area contributed by atoms with E-state index < -0.39 is 0 Å². The Balaban J connectivity index is 1.69. The molecule has 3 aromatic rings. The van der Waals surface area contributed by atoms with Crippen molar-refractivity contribution in [3.8, 4) is 0 Å². The molecule has 0 aliphatic rings. The minimum absolute atomic E-state index is 0.362. The first kappa shape index (κ1) is 17.4. The van der Waals surface area contributed by atoms with Crippen LogP contribution < -0.4 is 10.6 Å². The SMILES string of the molecule is CCc1ccc(Nc2cc(Nc3ccc(C(=O)OC)cc3)ncn2)cc1. The first-order valence-electron chi connectivity index (χ1n) is 8.31. The highest BCUT2D eigenvalue weighted by Gasteiger charge is 2.05. The van der Waals surface area contributed by atoms with Gasteiger partial charge < -0.3 is 15.4 Å². The van der Waals surface area contributed by atoms with E-state index in [9.17, 15) is 4.79 Å². The number of aromatic nitrogens is 2. The number of hydrogen-bond acceptors (Lipinski definition) is 6. The molecule has 6 nitrogen and oxygen atoms in total. The summed E-state index contributed by atoms with van der Waals surface area (Å²) >= 11 is 0. The molecule has 1 heterocycles. The summed E-state index contributed by atoms with van der Waals surface area (Å²) < 4.78 is 4.69. The number of carbonyl (C=O) groups excluding carboxylic acids is 1. The van der Waals surface area contributed by atoms with Gasteiger partial charge in [-0.2, -0.15) is 0 Å². The first-order valence-corrected chi connectivity index (χ1v) is 8.31. The van der Waals surface area contributed by atoms with Crippen molar-refractivity contribution >= 4 is 29.0 Å². The van der Waals surface area contributed by atoms with Crippen molar-refractivity contribution in [2.45, 2.75) is 13.3 Å². The highest BCUT2D eigenvalue weighted by molar-refractivity contribution is 5.89. The van der Waals surface area contributed by atoms with Gasteiger partial charge >= 0.3 is 5.97 Å². The third-order valence-corrected chi connectivity index (χ3v) is 3.88. The molecule has 6 heteroatoms. The van der Waals surface area contributed by atoms with Crippen molar-refractivity contribution in [2.24, 2.45) is 0 Å². The summed E-state index contributed by atoms with van der Waals surface area (Å²) in [7, 11) is 1.36. The van der Waals surface area contributed by atoms with Crippen LogP contribution in [0, 0.1) is 0 Å². The standard InChI is InChI=1S/C20H20N4O2/c1-3-14-4-8-16(9-5-14)23-18-12-19(22-13-21-18)24-17-10-6-15(7-11-17)20(25)26-2/h4-13H,3H2,1-2H3,(H2,21,22,23,24). The Labute approximate surface area is 152 Å². The molecule has 0 amide bonds. The zero-order chi connectivity index (χ0) is 18.4. The molecule has 0 radical (unpaired) electrons. The zero-order valence-corrected chi connectivity index (χ0v) is 14.7. The minimum atomic E-state index is -0.362. The number of ether oxygens (including phenoxy) is 1. The summed E-state index contributed by atoms with van der Waals surface area (Å²) in [5.74, 6) is 0.982. The fourth-order valence-corrected chi connectivity index (χ4v) is 2.42. The summed E-state index contributed by atoms with van der Waals surface area (Å²) in [5, 5.41) is 6.45. The molecule has 0 saturated carbocycles. The second-order valence-corrected chi connectivity index (χ2v) is 5.66. The van der Waals surface area contributed by atoms with Crippen molar-refractivity contribution < 1.29 is 9.53 Å². The molecule has 0 unspecified atom stereocenters.